The highest BCUT2D eigenvalue weighted by Crippen LogP contribution is 2.50. The molecule has 4 N–H and O–H groups in total. The van der Waals surface area contributed by atoms with Crippen molar-refractivity contribution >= 4 is 126 Å². The number of carboxylic acid groups (broad SMARTS) is 4. The fourth-order valence-electron chi connectivity index (χ4n) is 5.67. The summed E-state index contributed by atoms with van der Waals surface area (Å²) >= 11 is 22.6. The molecule has 8 nitrogen and oxygen atoms in total. The van der Waals surface area contributed by atoms with Crippen LogP contribution in [0.4, 0.5) is 0 Å². The molecule has 0 aliphatic carbocycles. The van der Waals surface area contributed by atoms with Crippen LogP contribution < -0.4 is 0 Å². The molecule has 7 aromatic heterocycles. The molecule has 7 rings (SSSR count). The average molecular weight is 878 g/mol. The third-order valence-electron chi connectivity index (χ3n) is 7.74. The zero-order valence-electron chi connectivity index (χ0n) is 26.6. The van der Waals surface area contributed by atoms with Gasteiger partial charge in [-0.1, -0.05) is 23.2 Å². The third kappa shape index (κ3) is 8.38. The first-order valence-electron chi connectivity index (χ1n) is 15.3. The molecule has 0 radical (unpaired) electrons. The second-order valence-corrected chi connectivity index (χ2v) is 20.2. The van der Waals surface area contributed by atoms with Gasteiger partial charge in [-0.25, -0.2) is 0 Å². The van der Waals surface area contributed by atoms with Crippen molar-refractivity contribution in [1.82, 2.24) is 0 Å². The summed E-state index contributed by atoms with van der Waals surface area (Å²) in [6, 6.07) is 18.8. The largest absolute Gasteiger partial charge is 0.481 e. The van der Waals surface area contributed by atoms with E-state index in [9.17, 15) is 39.6 Å². The van der Waals surface area contributed by atoms with Crippen molar-refractivity contribution < 1.29 is 39.6 Å². The summed E-state index contributed by atoms with van der Waals surface area (Å²) in [5.74, 6) is -3.82. The van der Waals surface area contributed by atoms with Crippen LogP contribution in [0.25, 0.3) is 58.5 Å². The molecule has 7 aromatic rings. The van der Waals surface area contributed by atoms with Gasteiger partial charge in [-0.2, -0.15) is 0 Å². The minimum atomic E-state index is -0.956. The van der Waals surface area contributed by atoms with E-state index >= 15 is 0 Å². The van der Waals surface area contributed by atoms with Crippen molar-refractivity contribution in [1.29, 1.82) is 0 Å². The van der Waals surface area contributed by atoms with Crippen LogP contribution in [0.3, 0.4) is 0 Å². The van der Waals surface area contributed by atoms with Crippen LogP contribution in [0.1, 0.15) is 22.3 Å². The van der Waals surface area contributed by atoms with E-state index in [4.69, 9.17) is 23.2 Å². The van der Waals surface area contributed by atoms with Crippen molar-refractivity contribution in [2.24, 2.45) is 0 Å². The van der Waals surface area contributed by atoms with E-state index in [1.165, 1.54) is 79.4 Å². The van der Waals surface area contributed by atoms with Crippen LogP contribution in [0.2, 0.25) is 8.67 Å². The fourth-order valence-corrected chi connectivity index (χ4v) is 14.3. The highest BCUT2D eigenvalue weighted by molar-refractivity contribution is 7.31. The standard InChI is InChI=1S/C36H22Cl2O8S7/c37-27-9-17(13-31(43)44)35(52-27)23-5-3-21(48-23)33-15(11-29(39)40)7-25(50-33)19-1-2-20(47-19)26-8-16(12-30(41)42)34(51-26)22-4-6-24(49-22)36-18(14-32(45)46)10-28(38)53-36/h1-10H,11-14H2,(H,39,40)(H,41,42)(H,43,44)(H,45,46). The predicted octanol–water partition coefficient (Wildman–Crippen LogP) is 11.9. The molecular weight excluding hydrogens is 856 g/mol. The second-order valence-electron chi connectivity index (χ2n) is 11.5. The van der Waals surface area contributed by atoms with Gasteiger partial charge in [0.05, 0.1) is 34.4 Å². The normalized spacial score (nSPS) is 11.4. The quantitative estimate of drug-likeness (QED) is 0.0844. The van der Waals surface area contributed by atoms with E-state index in [1.807, 2.05) is 48.5 Å². The number of thiophene rings is 7. The molecule has 0 bridgehead atoms. The highest BCUT2D eigenvalue weighted by atomic mass is 35.5. The van der Waals surface area contributed by atoms with Crippen LogP contribution >= 0.6 is 103 Å². The number of hydrogen-bond acceptors (Lipinski definition) is 11. The van der Waals surface area contributed by atoms with Crippen LogP contribution in [0, 0.1) is 0 Å². The fraction of sp³-hybridized carbons (Fsp3) is 0.111. The van der Waals surface area contributed by atoms with Gasteiger partial charge in [-0.3, -0.25) is 19.2 Å². The van der Waals surface area contributed by atoms with E-state index in [-0.39, 0.29) is 25.7 Å². The Morgan fingerprint density at radius 1 is 0.377 bits per heavy atom. The summed E-state index contributed by atoms with van der Waals surface area (Å²) in [6.45, 7) is 0. The summed E-state index contributed by atoms with van der Waals surface area (Å²) in [7, 11) is 0. The molecule has 270 valence electrons. The SMILES string of the molecule is O=C(O)Cc1cc(Cl)sc1-c1ccc(-c2sc(-c3ccc(-c4cc(CC(=O)O)c(-c5ccc(-c6sc(Cl)cc6CC(=O)O)s5)s4)s3)cc2CC(=O)O)s1. The van der Waals surface area contributed by atoms with Gasteiger partial charge < -0.3 is 20.4 Å². The molecule has 0 saturated carbocycles. The van der Waals surface area contributed by atoms with Crippen LogP contribution in [-0.4, -0.2) is 44.3 Å². The first-order chi connectivity index (χ1) is 25.3. The minimum absolute atomic E-state index is 0.155. The molecule has 0 unspecified atom stereocenters. The van der Waals surface area contributed by atoms with Gasteiger partial charge in [-0.05, 0) is 82.9 Å². The summed E-state index contributed by atoms with van der Waals surface area (Å²) in [6.07, 6.45) is -0.648. The van der Waals surface area contributed by atoms with Crippen molar-refractivity contribution in [3.05, 3.63) is 91.6 Å². The van der Waals surface area contributed by atoms with Gasteiger partial charge in [0.15, 0.2) is 0 Å². The first-order valence-corrected chi connectivity index (χ1v) is 21.8. The van der Waals surface area contributed by atoms with E-state index in [1.54, 1.807) is 12.1 Å². The summed E-state index contributed by atoms with van der Waals surface area (Å²) in [5.41, 5.74) is 2.60. The Balaban J connectivity index is 1.21. The lowest BCUT2D eigenvalue weighted by atomic mass is 10.1. The lowest BCUT2D eigenvalue weighted by Crippen LogP contribution is -1.99. The molecule has 0 spiro atoms. The topological polar surface area (TPSA) is 149 Å². The molecule has 0 aromatic carbocycles. The van der Waals surface area contributed by atoms with Crippen molar-refractivity contribution in [2.45, 2.75) is 25.7 Å². The number of aliphatic carboxylic acids is 4. The van der Waals surface area contributed by atoms with Crippen LogP contribution in [0.15, 0.2) is 60.7 Å². The summed E-state index contributed by atoms with van der Waals surface area (Å²) in [5, 5.41) is 38.3. The Morgan fingerprint density at radius 2 is 0.642 bits per heavy atom. The van der Waals surface area contributed by atoms with Gasteiger partial charge in [0.1, 0.15) is 0 Å². The van der Waals surface area contributed by atoms with E-state index in [0.29, 0.717) is 30.9 Å². The maximum atomic E-state index is 11.9. The van der Waals surface area contributed by atoms with E-state index in [0.717, 1.165) is 58.5 Å². The maximum Gasteiger partial charge on any atom is 0.307 e. The first kappa shape index (κ1) is 37.7. The number of carboxylic acids is 4. The number of carbonyl (C=O) groups is 4. The second kappa shape index (κ2) is 15.6. The van der Waals surface area contributed by atoms with Crippen molar-refractivity contribution in [3.63, 3.8) is 0 Å². The Kier molecular flexibility index (Phi) is 11.1. The highest BCUT2D eigenvalue weighted by Gasteiger charge is 2.23. The van der Waals surface area contributed by atoms with Crippen LogP contribution in [-0.2, 0) is 44.9 Å². The lowest BCUT2D eigenvalue weighted by molar-refractivity contribution is -0.137. The zero-order valence-corrected chi connectivity index (χ0v) is 33.9. The molecule has 0 amide bonds. The van der Waals surface area contributed by atoms with E-state index in [2.05, 4.69) is 0 Å². The Hall–Kier alpha value is -3.64. The molecule has 0 atom stereocenters. The summed E-state index contributed by atoms with van der Waals surface area (Å²) in [4.78, 5) is 57.0. The van der Waals surface area contributed by atoms with Crippen molar-refractivity contribution in [2.75, 3.05) is 0 Å². The van der Waals surface area contributed by atoms with Gasteiger partial charge in [0, 0.05) is 58.5 Å². The molecule has 0 aliphatic heterocycles. The molecule has 0 aliphatic rings. The van der Waals surface area contributed by atoms with Gasteiger partial charge >= 0.3 is 23.9 Å². The van der Waals surface area contributed by atoms with Gasteiger partial charge in [0.25, 0.3) is 0 Å². The molecular formula is C36H22Cl2O8S7. The number of rotatable bonds is 14. The molecule has 7 heterocycles. The number of halogens is 2. The lowest BCUT2D eigenvalue weighted by Gasteiger charge is -1.99. The van der Waals surface area contributed by atoms with Crippen LogP contribution in [0.5, 0.6) is 0 Å². The van der Waals surface area contributed by atoms with E-state index < -0.39 is 23.9 Å². The van der Waals surface area contributed by atoms with Gasteiger partial charge in [-0.15, -0.1) is 79.4 Å². The Morgan fingerprint density at radius 3 is 0.962 bits per heavy atom. The smallest absolute Gasteiger partial charge is 0.307 e. The van der Waals surface area contributed by atoms with Gasteiger partial charge in [0.2, 0.25) is 0 Å². The zero-order chi connectivity index (χ0) is 37.6. The average Bonchev–Trinajstić information content (AvgIpc) is 3.91. The Labute approximate surface area is 339 Å². The summed E-state index contributed by atoms with van der Waals surface area (Å²) < 4.78 is 0.987. The maximum absolute atomic E-state index is 11.9. The molecule has 17 heteroatoms. The van der Waals surface area contributed by atoms with Crippen molar-refractivity contribution in [3.8, 4) is 58.5 Å². The molecule has 0 fully saturated rings. The molecule has 0 saturated heterocycles. The third-order valence-corrected chi connectivity index (χ3v) is 17.1. The number of hydrogen-bond donors (Lipinski definition) is 4. The minimum Gasteiger partial charge on any atom is -0.481 e. The monoisotopic (exact) mass is 876 g/mol. The predicted molar refractivity (Wildman–Crippen MR) is 220 cm³/mol. The molecule has 53 heavy (non-hydrogen) atoms. The Bertz CT molecular complexity index is 2370.